The first-order valence-corrected chi connectivity index (χ1v) is 6.17. The van der Waals surface area contributed by atoms with E-state index in [4.69, 9.17) is 11.6 Å². The summed E-state index contributed by atoms with van der Waals surface area (Å²) in [7, 11) is 0. The van der Waals surface area contributed by atoms with Crippen molar-refractivity contribution >= 4 is 27.5 Å². The molecule has 3 heteroatoms. The summed E-state index contributed by atoms with van der Waals surface area (Å²) < 4.78 is 1.13. The van der Waals surface area contributed by atoms with Crippen LogP contribution >= 0.6 is 27.5 Å². The average Bonchev–Trinajstić information content (AvgIpc) is 2.21. The molecule has 0 radical (unpaired) electrons. The molecule has 0 aliphatic carbocycles. The Morgan fingerprint density at radius 1 is 1.14 bits per heavy atom. The van der Waals surface area contributed by atoms with Gasteiger partial charge in [0.15, 0.2) is 0 Å². The predicted molar refractivity (Wildman–Crippen MR) is 65.8 cm³/mol. The van der Waals surface area contributed by atoms with Crippen molar-refractivity contribution in [3.8, 4) is 0 Å². The maximum Gasteiger partial charge on any atom is 0.0223 e. The second kappa shape index (κ2) is 7.27. The van der Waals surface area contributed by atoms with Crippen molar-refractivity contribution in [2.24, 2.45) is 0 Å². The van der Waals surface area contributed by atoms with Gasteiger partial charge in [-0.3, -0.25) is 0 Å². The average molecular weight is 277 g/mol. The van der Waals surface area contributed by atoms with Crippen molar-refractivity contribution in [3.05, 3.63) is 34.3 Å². The van der Waals surface area contributed by atoms with E-state index in [1.165, 1.54) is 5.56 Å². The molecule has 0 aliphatic rings. The van der Waals surface area contributed by atoms with Crippen molar-refractivity contribution in [1.29, 1.82) is 0 Å². The number of alkyl halides is 1. The van der Waals surface area contributed by atoms with E-state index in [1.807, 2.05) is 0 Å². The molecule has 78 valence electrons. The maximum absolute atomic E-state index is 5.58. The number of unbranched alkanes of at least 4 members (excludes halogenated alkanes) is 1. The fraction of sp³-hybridized carbons (Fsp3) is 0.455. The standard InChI is InChI=1S/C11H15BrClN/c12-11-5-3-10(4-6-11)9-14-8-2-1-7-13/h3-6,14H,1-2,7-9H2. The fourth-order valence-corrected chi connectivity index (χ4v) is 1.63. The van der Waals surface area contributed by atoms with E-state index in [9.17, 15) is 0 Å². The van der Waals surface area contributed by atoms with Crippen molar-refractivity contribution in [2.75, 3.05) is 12.4 Å². The van der Waals surface area contributed by atoms with Crippen LogP contribution in [0.5, 0.6) is 0 Å². The lowest BCUT2D eigenvalue weighted by molar-refractivity contribution is 0.643. The zero-order valence-corrected chi connectivity index (χ0v) is 10.4. The topological polar surface area (TPSA) is 12.0 Å². The van der Waals surface area contributed by atoms with Crippen LogP contribution < -0.4 is 5.32 Å². The molecule has 0 aliphatic heterocycles. The molecule has 1 aromatic carbocycles. The molecule has 0 aromatic heterocycles. The molecule has 1 nitrogen and oxygen atoms in total. The Kier molecular flexibility index (Phi) is 6.24. The van der Waals surface area contributed by atoms with Gasteiger partial charge in [0.1, 0.15) is 0 Å². The molecule has 0 saturated carbocycles. The highest BCUT2D eigenvalue weighted by Crippen LogP contribution is 2.10. The van der Waals surface area contributed by atoms with Crippen LogP contribution in [0.3, 0.4) is 0 Å². The van der Waals surface area contributed by atoms with E-state index < -0.39 is 0 Å². The largest absolute Gasteiger partial charge is 0.313 e. The lowest BCUT2D eigenvalue weighted by Gasteiger charge is -2.03. The molecule has 0 amide bonds. The van der Waals surface area contributed by atoms with E-state index in [0.717, 1.165) is 36.3 Å². The minimum absolute atomic E-state index is 0.764. The maximum atomic E-state index is 5.58. The molecule has 0 spiro atoms. The normalized spacial score (nSPS) is 10.4. The molecular formula is C11H15BrClN. The highest BCUT2D eigenvalue weighted by molar-refractivity contribution is 9.10. The van der Waals surface area contributed by atoms with Gasteiger partial charge in [-0.05, 0) is 37.1 Å². The summed E-state index contributed by atoms with van der Waals surface area (Å²) in [5.41, 5.74) is 1.32. The van der Waals surface area contributed by atoms with Crippen LogP contribution in [-0.4, -0.2) is 12.4 Å². The molecule has 0 fully saturated rings. The Labute approximate surface area is 99.0 Å². The minimum atomic E-state index is 0.764. The molecule has 0 bridgehead atoms. The van der Waals surface area contributed by atoms with Crippen LogP contribution in [0.15, 0.2) is 28.7 Å². The van der Waals surface area contributed by atoms with Gasteiger partial charge in [-0.2, -0.15) is 0 Å². The summed E-state index contributed by atoms with van der Waals surface area (Å²) in [6, 6.07) is 8.38. The van der Waals surface area contributed by atoms with Crippen LogP contribution in [0.2, 0.25) is 0 Å². The van der Waals surface area contributed by atoms with Crippen LogP contribution in [0.4, 0.5) is 0 Å². The highest BCUT2D eigenvalue weighted by Gasteiger charge is 1.92. The highest BCUT2D eigenvalue weighted by atomic mass is 79.9. The second-order valence-corrected chi connectivity index (χ2v) is 4.49. The monoisotopic (exact) mass is 275 g/mol. The first-order chi connectivity index (χ1) is 6.83. The quantitative estimate of drug-likeness (QED) is 0.619. The van der Waals surface area contributed by atoms with E-state index in [-0.39, 0.29) is 0 Å². The number of nitrogens with one attached hydrogen (secondary N) is 1. The van der Waals surface area contributed by atoms with Crippen molar-refractivity contribution in [3.63, 3.8) is 0 Å². The van der Waals surface area contributed by atoms with Gasteiger partial charge in [0.25, 0.3) is 0 Å². The van der Waals surface area contributed by atoms with Gasteiger partial charge in [-0.15, -0.1) is 11.6 Å². The smallest absolute Gasteiger partial charge is 0.0223 e. The van der Waals surface area contributed by atoms with Crippen molar-refractivity contribution in [2.45, 2.75) is 19.4 Å². The van der Waals surface area contributed by atoms with Crippen molar-refractivity contribution in [1.82, 2.24) is 5.32 Å². The molecule has 0 unspecified atom stereocenters. The molecule has 14 heavy (non-hydrogen) atoms. The number of hydrogen-bond donors (Lipinski definition) is 1. The van der Waals surface area contributed by atoms with E-state index >= 15 is 0 Å². The first kappa shape index (κ1) is 12.0. The molecule has 1 N–H and O–H groups in total. The molecule has 0 atom stereocenters. The van der Waals surface area contributed by atoms with Crippen molar-refractivity contribution < 1.29 is 0 Å². The number of benzene rings is 1. The van der Waals surface area contributed by atoms with Gasteiger partial charge >= 0.3 is 0 Å². The lowest BCUT2D eigenvalue weighted by atomic mass is 10.2. The third-order valence-electron chi connectivity index (χ3n) is 1.98. The summed E-state index contributed by atoms with van der Waals surface area (Å²) in [5.74, 6) is 0.764. The Morgan fingerprint density at radius 2 is 1.86 bits per heavy atom. The summed E-state index contributed by atoms with van der Waals surface area (Å²) in [6.07, 6.45) is 2.24. The van der Waals surface area contributed by atoms with E-state index in [2.05, 4.69) is 45.5 Å². The Hall–Kier alpha value is -0.0500. The lowest BCUT2D eigenvalue weighted by Crippen LogP contribution is -2.14. The number of hydrogen-bond acceptors (Lipinski definition) is 1. The zero-order chi connectivity index (χ0) is 10.2. The molecule has 0 saturated heterocycles. The van der Waals surface area contributed by atoms with Crippen LogP contribution in [0.1, 0.15) is 18.4 Å². The van der Waals surface area contributed by atoms with Crippen LogP contribution in [0.25, 0.3) is 0 Å². The Balaban J connectivity index is 2.15. The number of rotatable bonds is 6. The fourth-order valence-electron chi connectivity index (χ4n) is 1.18. The van der Waals surface area contributed by atoms with Gasteiger partial charge in [0, 0.05) is 16.9 Å². The third kappa shape index (κ3) is 4.99. The van der Waals surface area contributed by atoms with Crippen LogP contribution in [0, 0.1) is 0 Å². The predicted octanol–water partition coefficient (Wildman–Crippen LogP) is 3.56. The first-order valence-electron chi connectivity index (χ1n) is 4.84. The molecule has 1 aromatic rings. The zero-order valence-electron chi connectivity index (χ0n) is 8.10. The Morgan fingerprint density at radius 3 is 2.50 bits per heavy atom. The minimum Gasteiger partial charge on any atom is -0.313 e. The van der Waals surface area contributed by atoms with Gasteiger partial charge in [0.05, 0.1) is 0 Å². The molecular weight excluding hydrogens is 261 g/mol. The SMILES string of the molecule is ClCCCCNCc1ccc(Br)cc1. The third-order valence-corrected chi connectivity index (χ3v) is 2.78. The van der Waals surface area contributed by atoms with Gasteiger partial charge in [-0.1, -0.05) is 28.1 Å². The molecule has 0 heterocycles. The van der Waals surface area contributed by atoms with E-state index in [0.29, 0.717) is 0 Å². The van der Waals surface area contributed by atoms with Gasteiger partial charge in [-0.25, -0.2) is 0 Å². The second-order valence-electron chi connectivity index (χ2n) is 3.20. The summed E-state index contributed by atoms with van der Waals surface area (Å²) in [5, 5.41) is 3.38. The molecule has 1 rings (SSSR count). The van der Waals surface area contributed by atoms with Gasteiger partial charge in [0.2, 0.25) is 0 Å². The summed E-state index contributed by atoms with van der Waals surface area (Å²) in [6.45, 7) is 1.98. The van der Waals surface area contributed by atoms with Gasteiger partial charge < -0.3 is 5.32 Å². The summed E-state index contributed by atoms with van der Waals surface area (Å²) >= 11 is 8.99. The Bertz CT molecular complexity index is 248. The van der Waals surface area contributed by atoms with E-state index in [1.54, 1.807) is 0 Å². The van der Waals surface area contributed by atoms with Crippen LogP contribution in [-0.2, 0) is 6.54 Å². The summed E-state index contributed by atoms with van der Waals surface area (Å²) in [4.78, 5) is 0. The number of halogens is 2.